The van der Waals surface area contributed by atoms with Crippen molar-refractivity contribution in [3.63, 3.8) is 0 Å². The number of carbonyl (C=O) groups is 2. The van der Waals surface area contributed by atoms with Gasteiger partial charge in [-0.25, -0.2) is 0 Å². The maximum absolute atomic E-state index is 12.0. The third-order valence-corrected chi connectivity index (χ3v) is 16.9. The second kappa shape index (κ2) is 15.9. The summed E-state index contributed by atoms with van der Waals surface area (Å²) in [5, 5.41) is 39.7. The first-order valence-electron chi connectivity index (χ1n) is 20.9. The number of hydrogen-bond donors (Lipinski definition) is 3. The van der Waals surface area contributed by atoms with Crippen molar-refractivity contribution in [2.75, 3.05) is 0 Å². The predicted molar refractivity (Wildman–Crippen MR) is 205 cm³/mol. The van der Waals surface area contributed by atoms with Gasteiger partial charge in [0.15, 0.2) is 0 Å². The van der Waals surface area contributed by atoms with Crippen LogP contribution in [0.4, 0.5) is 0 Å². The van der Waals surface area contributed by atoms with E-state index in [1.54, 1.807) is 6.92 Å². The van der Waals surface area contributed by atoms with E-state index in [0.717, 1.165) is 76.5 Å². The lowest BCUT2D eigenvalue weighted by molar-refractivity contribution is -0.172. The molecule has 7 heteroatoms. The van der Waals surface area contributed by atoms with E-state index >= 15 is 0 Å². The number of fused-ring (bicyclic) bond motifs is 2. The van der Waals surface area contributed by atoms with Crippen molar-refractivity contribution in [2.45, 2.75) is 175 Å². The molecule has 7 nitrogen and oxygen atoms in total. The summed E-state index contributed by atoms with van der Waals surface area (Å²) in [6.07, 6.45) is 16.2. The molecule has 0 unspecified atom stereocenters. The predicted octanol–water partition coefficient (Wildman–Crippen LogP) is 9.81. The van der Waals surface area contributed by atoms with Crippen LogP contribution >= 0.6 is 0 Å². The third-order valence-electron chi connectivity index (χ3n) is 16.9. The highest BCUT2D eigenvalue weighted by Crippen LogP contribution is 2.64. The molecule has 14 atom stereocenters. The molecule has 0 aromatic carbocycles. The van der Waals surface area contributed by atoms with Crippen LogP contribution in [0.3, 0.4) is 0 Å². The van der Waals surface area contributed by atoms with Crippen LogP contribution < -0.4 is 0 Å². The fraction of sp³-hybridized carbons (Fsp3) is 0.844. The smallest absolute Gasteiger partial charge is 0.303 e. The number of carbonyl (C=O) groups excluding carboxylic acids is 1. The van der Waals surface area contributed by atoms with E-state index in [9.17, 15) is 25.1 Å². The molecule has 0 bridgehead atoms. The molecular weight excluding hydrogens is 650 g/mol. The lowest BCUT2D eigenvalue weighted by atomic mass is 9.50. The van der Waals surface area contributed by atoms with Crippen LogP contribution in [0.25, 0.3) is 0 Å². The van der Waals surface area contributed by atoms with E-state index in [1.807, 2.05) is 0 Å². The van der Waals surface area contributed by atoms with E-state index in [2.05, 4.69) is 53.8 Å². The number of carboxylic acid groups (broad SMARTS) is 1. The Bertz CT molecular complexity index is 1390. The maximum atomic E-state index is 12.0. The molecule has 6 saturated carbocycles. The number of hydrogen-bond acceptors (Lipinski definition) is 6. The molecule has 0 saturated heterocycles. The van der Waals surface area contributed by atoms with Crippen LogP contribution in [-0.4, -0.2) is 45.6 Å². The number of nitrogens with zero attached hydrogens (tertiary/aromatic N) is 1. The fourth-order valence-corrected chi connectivity index (χ4v) is 13.2. The zero-order chi connectivity index (χ0) is 38.2. The molecule has 0 radical (unpaired) electrons. The normalized spacial score (nSPS) is 45.9. The van der Waals surface area contributed by atoms with Crippen LogP contribution in [0.15, 0.2) is 24.3 Å². The Labute approximate surface area is 315 Å². The molecule has 0 amide bonds. The summed E-state index contributed by atoms with van der Waals surface area (Å²) in [5.41, 5.74) is 2.91. The number of carboxylic acids is 1. The van der Waals surface area contributed by atoms with Gasteiger partial charge in [-0.1, -0.05) is 65.3 Å². The third kappa shape index (κ3) is 7.68. The van der Waals surface area contributed by atoms with Gasteiger partial charge >= 0.3 is 11.9 Å². The van der Waals surface area contributed by atoms with E-state index < -0.39 is 5.97 Å². The van der Waals surface area contributed by atoms with Crippen molar-refractivity contribution >= 4 is 11.9 Å². The molecule has 52 heavy (non-hydrogen) atoms. The van der Waals surface area contributed by atoms with Gasteiger partial charge in [0.2, 0.25) is 0 Å². The van der Waals surface area contributed by atoms with Gasteiger partial charge in [0.25, 0.3) is 0 Å². The Hall–Kier alpha value is -2.17. The molecule has 0 aromatic heterocycles. The number of aliphatic carboxylic acids is 1. The molecule has 0 aliphatic heterocycles. The Morgan fingerprint density at radius 1 is 0.788 bits per heavy atom. The Morgan fingerprint density at radius 2 is 1.35 bits per heavy atom. The second-order valence-electron chi connectivity index (χ2n) is 19.5. The highest BCUT2D eigenvalue weighted by Gasteiger charge is 2.59. The number of nitriles is 1. The number of aliphatic hydroxyl groups excluding tert-OH is 2. The van der Waals surface area contributed by atoms with Gasteiger partial charge < -0.3 is 20.1 Å². The van der Waals surface area contributed by atoms with Crippen molar-refractivity contribution in [1.82, 2.24) is 0 Å². The Kier molecular flexibility index (Phi) is 12.5. The molecule has 6 rings (SSSR count). The average Bonchev–Trinajstić information content (AvgIpc) is 3.56. The molecule has 0 heterocycles. The Balaban J connectivity index is 0.000000202. The molecule has 0 aromatic rings. The number of allylic oxidation sites excluding steroid dienone is 2. The topological polar surface area (TPSA) is 128 Å². The number of aliphatic hydroxyl groups is 2. The number of ether oxygens (including phenoxy) is 1. The van der Waals surface area contributed by atoms with Crippen LogP contribution in [-0.2, 0) is 14.3 Å². The Morgan fingerprint density at radius 3 is 1.96 bits per heavy atom. The van der Waals surface area contributed by atoms with Crippen molar-refractivity contribution < 1.29 is 29.6 Å². The summed E-state index contributed by atoms with van der Waals surface area (Å²) in [5.74, 6) is 1.82. The first-order valence-corrected chi connectivity index (χ1v) is 20.9. The van der Waals surface area contributed by atoms with Gasteiger partial charge in [0.1, 0.15) is 6.10 Å². The summed E-state index contributed by atoms with van der Waals surface area (Å²) in [4.78, 5) is 23.1. The number of esters is 1. The summed E-state index contributed by atoms with van der Waals surface area (Å²) < 4.78 is 6.08. The van der Waals surface area contributed by atoms with Gasteiger partial charge in [-0.2, -0.15) is 5.26 Å². The van der Waals surface area contributed by atoms with Crippen molar-refractivity contribution in [2.24, 2.45) is 63.1 Å². The minimum absolute atomic E-state index is 0.00323. The SMILES string of the molecule is C=C1CC[C@H]2[C@H](O)[C@@H]([C@@]3(C)CC[C@H](O)C[C@@H]3CCC(=O)O)CC[C@]12C.C=C1CC[C@H]2[C@H](OC(C)=O)[C@@H]([C@@]3(C)CC[C@H](C)C[C@@H]3CCC#N)CC[C@]12C. The van der Waals surface area contributed by atoms with Gasteiger partial charge in [-0.15, -0.1) is 0 Å². The van der Waals surface area contributed by atoms with E-state index in [0.29, 0.717) is 37.0 Å². The first kappa shape index (κ1) is 41.0. The quantitative estimate of drug-likeness (QED) is 0.168. The lowest BCUT2D eigenvalue weighted by Crippen LogP contribution is -2.53. The van der Waals surface area contributed by atoms with E-state index in [-0.39, 0.29) is 70.1 Å². The van der Waals surface area contributed by atoms with Crippen LogP contribution in [0.5, 0.6) is 0 Å². The largest absolute Gasteiger partial charge is 0.481 e. The highest BCUT2D eigenvalue weighted by molar-refractivity contribution is 5.66. The highest BCUT2D eigenvalue weighted by atomic mass is 16.5. The van der Waals surface area contributed by atoms with Gasteiger partial charge in [-0.05, 0) is 148 Å². The second-order valence-corrected chi connectivity index (χ2v) is 19.5. The fourth-order valence-electron chi connectivity index (χ4n) is 13.2. The summed E-state index contributed by atoms with van der Waals surface area (Å²) in [7, 11) is 0. The molecule has 0 spiro atoms. The van der Waals surface area contributed by atoms with Crippen molar-refractivity contribution in [1.29, 1.82) is 5.26 Å². The molecule has 6 aliphatic carbocycles. The molecule has 6 fully saturated rings. The molecule has 6 aliphatic rings. The van der Waals surface area contributed by atoms with Crippen molar-refractivity contribution in [3.05, 3.63) is 24.3 Å². The van der Waals surface area contributed by atoms with Gasteiger partial charge in [-0.3, -0.25) is 9.59 Å². The van der Waals surface area contributed by atoms with E-state index in [4.69, 9.17) is 9.84 Å². The zero-order valence-corrected chi connectivity index (χ0v) is 33.4. The summed E-state index contributed by atoms with van der Waals surface area (Å²) in [6, 6.07) is 2.37. The summed E-state index contributed by atoms with van der Waals surface area (Å²) >= 11 is 0. The van der Waals surface area contributed by atoms with Crippen molar-refractivity contribution in [3.8, 4) is 6.07 Å². The monoisotopic (exact) mass is 722 g/mol. The van der Waals surface area contributed by atoms with Crippen LogP contribution in [0.1, 0.15) is 157 Å². The van der Waals surface area contributed by atoms with Gasteiger partial charge in [0, 0.05) is 31.6 Å². The molecular formula is C45H71NO6. The molecule has 3 N–H and O–H groups in total. The maximum Gasteiger partial charge on any atom is 0.303 e. The minimum atomic E-state index is -0.772. The summed E-state index contributed by atoms with van der Waals surface area (Å²) in [6.45, 7) is 21.8. The van der Waals surface area contributed by atoms with Gasteiger partial charge in [0.05, 0.1) is 18.3 Å². The average molecular weight is 722 g/mol. The standard InChI is InChI=1S/C24H37NO2.C21H34O4/c1-16-10-12-24(5,19(15-16)7-6-14-25)21-11-13-23(4)17(2)8-9-20(23)22(21)27-18(3)26;1-13-4-6-16-19(25)17(9-11-20(13,16)2)21(3)10-8-15(22)12-14(21)5-7-18(23)24/h16,19-22H,2,6-13,15H2,1,3-5H3;14-17,19,22,25H,1,4-12H2,2-3H3,(H,23,24)/t16-,19-,20-,21-,22-,23+,24-;14-,15-,16-,17-,19-,20+,21-/m00/s1. The zero-order valence-electron chi connectivity index (χ0n) is 33.4. The van der Waals surface area contributed by atoms with E-state index in [1.165, 1.54) is 30.4 Å². The lowest BCUT2D eigenvalue weighted by Gasteiger charge is -2.56. The molecule has 292 valence electrons. The minimum Gasteiger partial charge on any atom is -0.481 e. The number of rotatable bonds is 8. The van der Waals surface area contributed by atoms with Crippen LogP contribution in [0.2, 0.25) is 0 Å². The van der Waals surface area contributed by atoms with Crippen LogP contribution in [0, 0.1) is 74.4 Å². The first-order chi connectivity index (χ1) is 24.4.